The van der Waals surface area contributed by atoms with Gasteiger partial charge in [0.15, 0.2) is 0 Å². The summed E-state index contributed by atoms with van der Waals surface area (Å²) >= 11 is 0. The first kappa shape index (κ1) is 10.3. The number of rotatable bonds is 2. The van der Waals surface area contributed by atoms with Gasteiger partial charge in [0.1, 0.15) is 0 Å². The van der Waals surface area contributed by atoms with Crippen molar-refractivity contribution < 1.29 is 4.79 Å². The van der Waals surface area contributed by atoms with E-state index in [2.05, 4.69) is 10.2 Å². The molecule has 0 bridgehead atoms. The standard InChI is InChI=1S/C10H18N2O/c1-8(2)11-10(13)9-5-4-6-12(3)7-9/h5,8H,4,6-7H2,1-3H3,(H,11,13). The molecule has 3 heteroatoms. The van der Waals surface area contributed by atoms with Gasteiger partial charge in [-0.2, -0.15) is 0 Å². The number of hydrogen-bond donors (Lipinski definition) is 1. The van der Waals surface area contributed by atoms with E-state index in [4.69, 9.17) is 0 Å². The summed E-state index contributed by atoms with van der Waals surface area (Å²) in [6.07, 6.45) is 3.02. The molecule has 0 atom stereocenters. The first-order valence-electron chi connectivity index (χ1n) is 4.78. The molecule has 1 N–H and O–H groups in total. The van der Waals surface area contributed by atoms with E-state index >= 15 is 0 Å². The highest BCUT2D eigenvalue weighted by Crippen LogP contribution is 2.07. The first-order chi connectivity index (χ1) is 6.09. The molecule has 0 saturated heterocycles. The third-order valence-electron chi connectivity index (χ3n) is 2.05. The number of hydrogen-bond acceptors (Lipinski definition) is 2. The quantitative estimate of drug-likeness (QED) is 0.684. The van der Waals surface area contributed by atoms with Crippen LogP contribution in [-0.2, 0) is 4.79 Å². The molecule has 1 heterocycles. The maximum atomic E-state index is 11.5. The Morgan fingerprint density at radius 2 is 2.31 bits per heavy atom. The van der Waals surface area contributed by atoms with E-state index in [-0.39, 0.29) is 11.9 Å². The molecule has 0 aromatic rings. The van der Waals surface area contributed by atoms with E-state index in [9.17, 15) is 4.79 Å². The minimum Gasteiger partial charge on any atom is -0.350 e. The Balaban J connectivity index is 2.51. The molecule has 1 rings (SSSR count). The van der Waals surface area contributed by atoms with Crippen LogP contribution in [0.25, 0.3) is 0 Å². The molecule has 1 amide bonds. The summed E-state index contributed by atoms with van der Waals surface area (Å²) in [6.45, 7) is 5.78. The molecule has 0 spiro atoms. The lowest BCUT2D eigenvalue weighted by Gasteiger charge is -2.22. The predicted molar refractivity (Wildman–Crippen MR) is 53.5 cm³/mol. The molecule has 0 aromatic heterocycles. The van der Waals surface area contributed by atoms with Gasteiger partial charge in [-0.05, 0) is 27.3 Å². The van der Waals surface area contributed by atoms with Crippen LogP contribution >= 0.6 is 0 Å². The lowest BCUT2D eigenvalue weighted by molar-refractivity contribution is -0.118. The summed E-state index contributed by atoms with van der Waals surface area (Å²) in [7, 11) is 2.04. The van der Waals surface area contributed by atoms with Crippen LogP contribution in [0.3, 0.4) is 0 Å². The van der Waals surface area contributed by atoms with Crippen LogP contribution in [0.5, 0.6) is 0 Å². The van der Waals surface area contributed by atoms with Crippen molar-refractivity contribution in [1.82, 2.24) is 10.2 Å². The number of carbonyl (C=O) groups is 1. The number of nitrogens with zero attached hydrogens (tertiary/aromatic N) is 1. The second-order valence-electron chi connectivity index (χ2n) is 3.88. The summed E-state index contributed by atoms with van der Waals surface area (Å²) in [5.74, 6) is 0.0848. The van der Waals surface area contributed by atoms with Crippen molar-refractivity contribution in [3.05, 3.63) is 11.6 Å². The summed E-state index contributed by atoms with van der Waals surface area (Å²) in [4.78, 5) is 13.7. The third kappa shape index (κ3) is 3.19. The zero-order chi connectivity index (χ0) is 9.84. The number of nitrogens with one attached hydrogen (secondary N) is 1. The molecule has 13 heavy (non-hydrogen) atoms. The van der Waals surface area contributed by atoms with Gasteiger partial charge in [0.05, 0.1) is 0 Å². The monoisotopic (exact) mass is 182 g/mol. The summed E-state index contributed by atoms with van der Waals surface area (Å²) in [5, 5.41) is 2.90. The maximum Gasteiger partial charge on any atom is 0.248 e. The van der Waals surface area contributed by atoms with Crippen LogP contribution < -0.4 is 5.32 Å². The fourth-order valence-corrected chi connectivity index (χ4v) is 1.41. The second kappa shape index (κ2) is 4.42. The SMILES string of the molecule is CC(C)NC(=O)C1=CCCN(C)C1. The van der Waals surface area contributed by atoms with Crippen LogP contribution in [0, 0.1) is 0 Å². The average molecular weight is 182 g/mol. The van der Waals surface area contributed by atoms with Crippen LogP contribution in [0.1, 0.15) is 20.3 Å². The summed E-state index contributed by atoms with van der Waals surface area (Å²) < 4.78 is 0. The zero-order valence-corrected chi connectivity index (χ0v) is 8.63. The van der Waals surface area contributed by atoms with Crippen molar-refractivity contribution >= 4 is 5.91 Å². The van der Waals surface area contributed by atoms with Crippen molar-refractivity contribution in [2.24, 2.45) is 0 Å². The molecule has 0 radical (unpaired) electrons. The Labute approximate surface area is 79.8 Å². The fraction of sp³-hybridized carbons (Fsp3) is 0.700. The van der Waals surface area contributed by atoms with Gasteiger partial charge in [0.2, 0.25) is 5.91 Å². The molecule has 3 nitrogen and oxygen atoms in total. The third-order valence-corrected chi connectivity index (χ3v) is 2.05. The van der Waals surface area contributed by atoms with Gasteiger partial charge < -0.3 is 10.2 Å². The van der Waals surface area contributed by atoms with Crippen molar-refractivity contribution in [3.63, 3.8) is 0 Å². The molecule has 0 unspecified atom stereocenters. The smallest absolute Gasteiger partial charge is 0.248 e. The topological polar surface area (TPSA) is 32.3 Å². The minimum absolute atomic E-state index is 0.0848. The van der Waals surface area contributed by atoms with Gasteiger partial charge in [-0.15, -0.1) is 0 Å². The summed E-state index contributed by atoms with van der Waals surface area (Å²) in [6, 6.07) is 0.223. The molecule has 0 aromatic carbocycles. The Morgan fingerprint density at radius 3 is 2.85 bits per heavy atom. The minimum atomic E-state index is 0.0848. The Morgan fingerprint density at radius 1 is 1.62 bits per heavy atom. The van der Waals surface area contributed by atoms with Crippen LogP contribution in [-0.4, -0.2) is 37.0 Å². The molecule has 0 aliphatic carbocycles. The van der Waals surface area contributed by atoms with E-state index in [0.29, 0.717) is 0 Å². The van der Waals surface area contributed by atoms with Crippen molar-refractivity contribution in [2.45, 2.75) is 26.3 Å². The largest absolute Gasteiger partial charge is 0.350 e. The fourth-order valence-electron chi connectivity index (χ4n) is 1.41. The Hall–Kier alpha value is -0.830. The highest BCUT2D eigenvalue weighted by Gasteiger charge is 2.15. The van der Waals surface area contributed by atoms with Crippen LogP contribution in [0.15, 0.2) is 11.6 Å². The van der Waals surface area contributed by atoms with Crippen molar-refractivity contribution in [1.29, 1.82) is 0 Å². The van der Waals surface area contributed by atoms with E-state index in [1.165, 1.54) is 0 Å². The van der Waals surface area contributed by atoms with Crippen molar-refractivity contribution in [3.8, 4) is 0 Å². The normalized spacial score (nSPS) is 18.6. The van der Waals surface area contributed by atoms with E-state index in [1.807, 2.05) is 27.0 Å². The van der Waals surface area contributed by atoms with Gasteiger partial charge in [0, 0.05) is 24.7 Å². The number of likely N-dealkylation sites (N-methyl/N-ethyl adjacent to an activating group) is 1. The second-order valence-corrected chi connectivity index (χ2v) is 3.88. The van der Waals surface area contributed by atoms with Crippen LogP contribution in [0.2, 0.25) is 0 Å². The highest BCUT2D eigenvalue weighted by molar-refractivity contribution is 5.94. The van der Waals surface area contributed by atoms with Crippen molar-refractivity contribution in [2.75, 3.05) is 20.1 Å². The summed E-state index contributed by atoms with van der Waals surface area (Å²) in [5.41, 5.74) is 0.905. The van der Waals surface area contributed by atoms with Gasteiger partial charge in [-0.25, -0.2) is 0 Å². The van der Waals surface area contributed by atoms with Gasteiger partial charge >= 0.3 is 0 Å². The Kier molecular flexibility index (Phi) is 3.48. The van der Waals surface area contributed by atoms with E-state index < -0.39 is 0 Å². The molecule has 0 fully saturated rings. The highest BCUT2D eigenvalue weighted by atomic mass is 16.1. The Bertz CT molecular complexity index is 221. The zero-order valence-electron chi connectivity index (χ0n) is 8.63. The van der Waals surface area contributed by atoms with Gasteiger partial charge in [-0.1, -0.05) is 6.08 Å². The van der Waals surface area contributed by atoms with Gasteiger partial charge in [-0.3, -0.25) is 4.79 Å². The van der Waals surface area contributed by atoms with Gasteiger partial charge in [0.25, 0.3) is 0 Å². The maximum absolute atomic E-state index is 11.5. The molecule has 1 aliphatic heterocycles. The van der Waals surface area contributed by atoms with E-state index in [0.717, 1.165) is 25.1 Å². The first-order valence-corrected chi connectivity index (χ1v) is 4.78. The number of carbonyl (C=O) groups excluding carboxylic acids is 1. The predicted octanol–water partition coefficient (Wildman–Crippen LogP) is 0.773. The molecule has 1 aliphatic rings. The molecule has 74 valence electrons. The lowest BCUT2D eigenvalue weighted by atomic mass is 10.1. The van der Waals surface area contributed by atoms with Crippen LogP contribution in [0.4, 0.5) is 0 Å². The molecule has 0 saturated carbocycles. The molecular weight excluding hydrogens is 164 g/mol. The molecular formula is C10H18N2O. The number of amides is 1. The average Bonchev–Trinajstić information content (AvgIpc) is 2.03. The lowest BCUT2D eigenvalue weighted by Crippen LogP contribution is -2.37. The van der Waals surface area contributed by atoms with E-state index in [1.54, 1.807) is 0 Å².